The van der Waals surface area contributed by atoms with Crippen molar-refractivity contribution in [2.24, 2.45) is 0 Å². The molecule has 1 atom stereocenters. The van der Waals surface area contributed by atoms with Crippen molar-refractivity contribution >= 4 is 28.4 Å². The summed E-state index contributed by atoms with van der Waals surface area (Å²) in [4.78, 5) is 10.9. The minimum Gasteiger partial charge on any atom is -0.383 e. The fraction of sp³-hybridized carbons (Fsp3) is 0.667. The van der Waals surface area contributed by atoms with E-state index >= 15 is 0 Å². The second-order valence-electron chi connectivity index (χ2n) is 4.38. The Balaban J connectivity index is 1.93. The van der Waals surface area contributed by atoms with Gasteiger partial charge in [-0.25, -0.2) is 9.97 Å². The first kappa shape index (κ1) is 14.0. The van der Waals surface area contributed by atoms with Gasteiger partial charge in [-0.05, 0) is 35.4 Å². The SMILES string of the molecule is COCCNCC1CCCN1c1ncncc1I. The molecule has 1 unspecified atom stereocenters. The van der Waals surface area contributed by atoms with E-state index < -0.39 is 0 Å². The molecule has 1 fully saturated rings. The lowest BCUT2D eigenvalue weighted by Gasteiger charge is -2.26. The molecule has 1 aromatic heterocycles. The molecule has 0 bridgehead atoms. The van der Waals surface area contributed by atoms with Crippen LogP contribution in [0.4, 0.5) is 5.82 Å². The summed E-state index contributed by atoms with van der Waals surface area (Å²) >= 11 is 2.30. The smallest absolute Gasteiger partial charge is 0.145 e. The number of rotatable bonds is 6. The van der Waals surface area contributed by atoms with E-state index in [2.05, 4.69) is 42.8 Å². The zero-order valence-electron chi connectivity index (χ0n) is 10.6. The van der Waals surface area contributed by atoms with Crippen LogP contribution in [0.1, 0.15) is 12.8 Å². The first-order valence-electron chi connectivity index (χ1n) is 6.24. The largest absolute Gasteiger partial charge is 0.383 e. The summed E-state index contributed by atoms with van der Waals surface area (Å²) in [6, 6.07) is 0.533. The Morgan fingerprint density at radius 1 is 1.61 bits per heavy atom. The molecule has 2 heterocycles. The van der Waals surface area contributed by atoms with E-state index in [-0.39, 0.29) is 0 Å². The van der Waals surface area contributed by atoms with Crippen LogP contribution in [-0.4, -0.2) is 49.4 Å². The van der Waals surface area contributed by atoms with Crippen molar-refractivity contribution in [3.8, 4) is 0 Å². The molecule has 1 aromatic rings. The lowest BCUT2D eigenvalue weighted by molar-refractivity contribution is 0.199. The van der Waals surface area contributed by atoms with Gasteiger partial charge in [0.2, 0.25) is 0 Å². The topological polar surface area (TPSA) is 50.3 Å². The molecule has 18 heavy (non-hydrogen) atoms. The number of ether oxygens (including phenoxy) is 1. The van der Waals surface area contributed by atoms with E-state index in [0.29, 0.717) is 6.04 Å². The van der Waals surface area contributed by atoms with E-state index in [1.165, 1.54) is 12.8 Å². The van der Waals surface area contributed by atoms with Crippen molar-refractivity contribution < 1.29 is 4.74 Å². The normalized spacial score (nSPS) is 19.4. The van der Waals surface area contributed by atoms with Gasteiger partial charge in [-0.1, -0.05) is 0 Å². The molecule has 5 nitrogen and oxygen atoms in total. The maximum atomic E-state index is 5.04. The highest BCUT2D eigenvalue weighted by atomic mass is 127. The molecule has 0 aliphatic carbocycles. The molecule has 0 radical (unpaired) electrons. The summed E-state index contributed by atoms with van der Waals surface area (Å²) in [5.74, 6) is 1.07. The third kappa shape index (κ3) is 3.52. The van der Waals surface area contributed by atoms with Crippen molar-refractivity contribution in [3.63, 3.8) is 0 Å². The van der Waals surface area contributed by atoms with Gasteiger partial charge in [0.25, 0.3) is 0 Å². The standard InChI is InChI=1S/C12H19IN4O/c1-18-6-4-14-7-10-3-2-5-17(10)12-11(13)8-15-9-16-12/h8-10,14H,2-7H2,1H3. The Hall–Kier alpha value is -0.470. The summed E-state index contributed by atoms with van der Waals surface area (Å²) in [7, 11) is 1.73. The van der Waals surface area contributed by atoms with Crippen LogP contribution in [0, 0.1) is 3.57 Å². The second-order valence-corrected chi connectivity index (χ2v) is 5.54. The molecule has 0 amide bonds. The molecule has 1 aliphatic heterocycles. The Kier molecular flexibility index (Phi) is 5.58. The molecule has 1 saturated heterocycles. The zero-order chi connectivity index (χ0) is 12.8. The van der Waals surface area contributed by atoms with Crippen LogP contribution in [-0.2, 0) is 4.74 Å². The quantitative estimate of drug-likeness (QED) is 0.611. The van der Waals surface area contributed by atoms with Crippen LogP contribution >= 0.6 is 22.6 Å². The fourth-order valence-electron chi connectivity index (χ4n) is 2.29. The summed E-state index contributed by atoms with van der Waals surface area (Å²) in [6.07, 6.45) is 5.96. The van der Waals surface area contributed by atoms with Crippen molar-refractivity contribution in [3.05, 3.63) is 16.1 Å². The summed E-state index contributed by atoms with van der Waals surface area (Å²) < 4.78 is 6.16. The zero-order valence-corrected chi connectivity index (χ0v) is 12.8. The number of aromatic nitrogens is 2. The third-order valence-electron chi connectivity index (χ3n) is 3.16. The maximum Gasteiger partial charge on any atom is 0.145 e. The van der Waals surface area contributed by atoms with Crippen LogP contribution in [0.25, 0.3) is 0 Å². The molecular formula is C12H19IN4O. The number of methoxy groups -OCH3 is 1. The molecule has 2 rings (SSSR count). The number of anilines is 1. The molecule has 0 saturated carbocycles. The number of hydrogen-bond acceptors (Lipinski definition) is 5. The predicted octanol–water partition coefficient (Wildman–Crippen LogP) is 1.29. The summed E-state index contributed by atoms with van der Waals surface area (Å²) in [5.41, 5.74) is 0. The number of nitrogens with zero attached hydrogens (tertiary/aromatic N) is 3. The highest BCUT2D eigenvalue weighted by Crippen LogP contribution is 2.26. The summed E-state index contributed by atoms with van der Waals surface area (Å²) in [5, 5.41) is 3.43. The van der Waals surface area contributed by atoms with Crippen LogP contribution in [0.3, 0.4) is 0 Å². The van der Waals surface area contributed by atoms with Gasteiger partial charge < -0.3 is 15.0 Å². The highest BCUT2D eigenvalue weighted by molar-refractivity contribution is 14.1. The Morgan fingerprint density at radius 2 is 2.50 bits per heavy atom. The van der Waals surface area contributed by atoms with E-state index in [0.717, 1.165) is 35.6 Å². The van der Waals surface area contributed by atoms with E-state index in [9.17, 15) is 0 Å². The van der Waals surface area contributed by atoms with Crippen LogP contribution < -0.4 is 10.2 Å². The van der Waals surface area contributed by atoms with Gasteiger partial charge in [-0.15, -0.1) is 0 Å². The number of hydrogen-bond donors (Lipinski definition) is 1. The van der Waals surface area contributed by atoms with E-state index in [1.54, 1.807) is 13.4 Å². The molecule has 0 aromatic carbocycles. The van der Waals surface area contributed by atoms with E-state index in [4.69, 9.17) is 4.74 Å². The molecule has 1 N–H and O–H groups in total. The first-order valence-corrected chi connectivity index (χ1v) is 7.32. The van der Waals surface area contributed by atoms with Crippen LogP contribution in [0.2, 0.25) is 0 Å². The molecule has 1 aliphatic rings. The predicted molar refractivity (Wildman–Crippen MR) is 79.9 cm³/mol. The Morgan fingerprint density at radius 3 is 3.28 bits per heavy atom. The van der Waals surface area contributed by atoms with Gasteiger partial charge in [0.1, 0.15) is 12.1 Å². The van der Waals surface area contributed by atoms with Gasteiger partial charge in [-0.2, -0.15) is 0 Å². The monoisotopic (exact) mass is 362 g/mol. The summed E-state index contributed by atoms with van der Waals surface area (Å²) in [6.45, 7) is 3.74. The van der Waals surface area contributed by atoms with Crippen LogP contribution in [0.15, 0.2) is 12.5 Å². The second kappa shape index (κ2) is 7.20. The van der Waals surface area contributed by atoms with Gasteiger partial charge in [0.05, 0.1) is 10.2 Å². The minimum atomic E-state index is 0.533. The van der Waals surface area contributed by atoms with Crippen molar-refractivity contribution in [1.29, 1.82) is 0 Å². The first-order chi connectivity index (χ1) is 8.83. The van der Waals surface area contributed by atoms with Gasteiger partial charge in [-0.3, -0.25) is 0 Å². The Labute approximate surface area is 121 Å². The van der Waals surface area contributed by atoms with E-state index in [1.807, 2.05) is 6.20 Å². The molecule has 6 heteroatoms. The van der Waals surface area contributed by atoms with Gasteiger partial charge >= 0.3 is 0 Å². The number of nitrogens with one attached hydrogen (secondary N) is 1. The van der Waals surface area contributed by atoms with Crippen molar-refractivity contribution in [2.45, 2.75) is 18.9 Å². The molecule has 0 spiro atoms. The highest BCUT2D eigenvalue weighted by Gasteiger charge is 2.26. The number of halogens is 1. The van der Waals surface area contributed by atoms with Gasteiger partial charge in [0, 0.05) is 39.0 Å². The fourth-order valence-corrected chi connectivity index (χ4v) is 2.90. The lowest BCUT2D eigenvalue weighted by Crippen LogP contribution is -2.39. The third-order valence-corrected chi connectivity index (χ3v) is 3.92. The average molecular weight is 362 g/mol. The van der Waals surface area contributed by atoms with Crippen LogP contribution in [0.5, 0.6) is 0 Å². The lowest BCUT2D eigenvalue weighted by atomic mass is 10.2. The maximum absolute atomic E-state index is 5.04. The van der Waals surface area contributed by atoms with Gasteiger partial charge in [0.15, 0.2) is 0 Å². The van der Waals surface area contributed by atoms with Crippen molar-refractivity contribution in [1.82, 2.24) is 15.3 Å². The minimum absolute atomic E-state index is 0.533. The van der Waals surface area contributed by atoms with Crippen molar-refractivity contribution in [2.75, 3.05) is 38.3 Å². The molecule has 100 valence electrons. The Bertz CT molecular complexity index is 377. The average Bonchev–Trinajstić information content (AvgIpc) is 2.83. The molecular weight excluding hydrogens is 343 g/mol.